The van der Waals surface area contributed by atoms with Gasteiger partial charge in [0, 0.05) is 29.6 Å². The molecule has 1 amide bonds. The molecule has 6 nitrogen and oxygen atoms in total. The molecule has 4 aromatic rings. The van der Waals surface area contributed by atoms with Gasteiger partial charge >= 0.3 is 0 Å². The summed E-state index contributed by atoms with van der Waals surface area (Å²) in [5, 5.41) is 4.01. The fourth-order valence-electron chi connectivity index (χ4n) is 4.39. The number of benzene rings is 3. The minimum absolute atomic E-state index is 0.177. The van der Waals surface area contributed by atoms with E-state index in [0.29, 0.717) is 30.2 Å². The summed E-state index contributed by atoms with van der Waals surface area (Å²) in [6, 6.07) is 24.7. The zero-order chi connectivity index (χ0) is 22.6. The summed E-state index contributed by atoms with van der Waals surface area (Å²) in [6.45, 7) is 2.76. The first-order chi connectivity index (χ1) is 16.3. The number of morpholine rings is 1. The molecule has 0 spiro atoms. The number of hydrogen-bond acceptors (Lipinski definition) is 5. The van der Waals surface area contributed by atoms with Crippen molar-refractivity contribution >= 4 is 22.6 Å². The van der Waals surface area contributed by atoms with Gasteiger partial charge in [-0.1, -0.05) is 48.5 Å². The van der Waals surface area contributed by atoms with E-state index in [-0.39, 0.29) is 11.9 Å². The van der Waals surface area contributed by atoms with Crippen LogP contribution in [0.25, 0.3) is 11.0 Å². The maximum Gasteiger partial charge on any atom is 0.255 e. The molecule has 168 valence electrons. The van der Waals surface area contributed by atoms with Crippen LogP contribution in [-0.2, 0) is 4.74 Å². The molecule has 1 fully saturated rings. The number of hydrogen-bond donors (Lipinski definition) is 1. The lowest BCUT2D eigenvalue weighted by Crippen LogP contribution is -2.39. The smallest absolute Gasteiger partial charge is 0.255 e. The fourth-order valence-corrected chi connectivity index (χ4v) is 4.39. The second-order valence-electron chi connectivity index (χ2n) is 7.95. The highest BCUT2D eigenvalue weighted by Gasteiger charge is 2.33. The van der Waals surface area contributed by atoms with Crippen LogP contribution >= 0.6 is 0 Å². The zero-order valence-corrected chi connectivity index (χ0v) is 18.5. The van der Waals surface area contributed by atoms with Crippen molar-refractivity contribution in [3.05, 3.63) is 95.7 Å². The van der Waals surface area contributed by atoms with Crippen LogP contribution in [0.1, 0.15) is 27.7 Å². The third-order valence-electron chi connectivity index (χ3n) is 5.99. The molecule has 6 heteroatoms. The molecule has 33 heavy (non-hydrogen) atoms. The van der Waals surface area contributed by atoms with Crippen molar-refractivity contribution in [2.24, 2.45) is 0 Å². The minimum Gasteiger partial charge on any atom is -0.496 e. The van der Waals surface area contributed by atoms with Gasteiger partial charge in [0.2, 0.25) is 0 Å². The number of para-hydroxylation sites is 2. The van der Waals surface area contributed by atoms with Gasteiger partial charge in [0.25, 0.3) is 5.91 Å². The quantitative estimate of drug-likeness (QED) is 0.449. The van der Waals surface area contributed by atoms with Crippen molar-refractivity contribution in [1.29, 1.82) is 0 Å². The average Bonchev–Trinajstić information content (AvgIpc) is 3.23. The first-order valence-electron chi connectivity index (χ1n) is 11.1. The lowest BCUT2D eigenvalue weighted by atomic mass is 9.99. The van der Waals surface area contributed by atoms with Gasteiger partial charge in [0.1, 0.15) is 11.3 Å². The molecule has 1 aliphatic heterocycles. The normalized spacial score (nSPS) is 15.3. The van der Waals surface area contributed by atoms with Crippen molar-refractivity contribution < 1.29 is 18.7 Å². The number of amides is 1. The summed E-state index contributed by atoms with van der Waals surface area (Å²) < 4.78 is 17.8. The van der Waals surface area contributed by atoms with Crippen molar-refractivity contribution in [2.45, 2.75) is 6.04 Å². The highest BCUT2D eigenvalue weighted by Crippen LogP contribution is 2.43. The summed E-state index contributed by atoms with van der Waals surface area (Å²) in [5.41, 5.74) is 2.98. The van der Waals surface area contributed by atoms with E-state index in [9.17, 15) is 4.79 Å². The Morgan fingerprint density at radius 1 is 0.939 bits per heavy atom. The first kappa shape index (κ1) is 21.2. The molecule has 3 aromatic carbocycles. The maximum atomic E-state index is 13.2. The molecule has 1 aliphatic rings. The van der Waals surface area contributed by atoms with Crippen LogP contribution < -0.4 is 10.1 Å². The number of anilines is 1. The van der Waals surface area contributed by atoms with Crippen LogP contribution in [0.4, 0.5) is 5.69 Å². The van der Waals surface area contributed by atoms with E-state index < -0.39 is 0 Å². The molecule has 5 rings (SSSR count). The number of methoxy groups -OCH3 is 1. The van der Waals surface area contributed by atoms with Gasteiger partial charge in [-0.25, -0.2) is 0 Å². The van der Waals surface area contributed by atoms with Crippen LogP contribution in [0.15, 0.2) is 83.3 Å². The van der Waals surface area contributed by atoms with E-state index in [1.807, 2.05) is 60.7 Å². The lowest BCUT2D eigenvalue weighted by Gasteiger charge is -2.34. The van der Waals surface area contributed by atoms with Crippen LogP contribution in [0.5, 0.6) is 5.75 Å². The fraction of sp³-hybridized carbons (Fsp3) is 0.222. The molecule has 0 saturated carbocycles. The Morgan fingerprint density at radius 2 is 1.64 bits per heavy atom. The maximum absolute atomic E-state index is 13.2. The number of rotatable bonds is 6. The highest BCUT2D eigenvalue weighted by atomic mass is 16.5. The molecule has 0 bridgehead atoms. The lowest BCUT2D eigenvalue weighted by molar-refractivity contribution is 0.0202. The van der Waals surface area contributed by atoms with Crippen LogP contribution in [0.2, 0.25) is 0 Å². The number of nitrogens with zero attached hydrogens (tertiary/aromatic N) is 1. The molecule has 1 atom stereocenters. The Bertz CT molecular complexity index is 1250. The zero-order valence-electron chi connectivity index (χ0n) is 18.5. The number of fused-ring (bicyclic) bond motifs is 1. The predicted molar refractivity (Wildman–Crippen MR) is 128 cm³/mol. The number of carbonyl (C=O) groups is 1. The van der Waals surface area contributed by atoms with Gasteiger partial charge in [-0.05, 0) is 30.3 Å². The second kappa shape index (κ2) is 9.48. The third-order valence-corrected chi connectivity index (χ3v) is 5.99. The monoisotopic (exact) mass is 442 g/mol. The average molecular weight is 443 g/mol. The molecule has 0 radical (unpaired) electrons. The van der Waals surface area contributed by atoms with Crippen LogP contribution in [-0.4, -0.2) is 44.2 Å². The Hall–Kier alpha value is -3.61. The standard InChI is InChI=1S/C27H26N2O4/c1-31-22-13-7-6-12-21(22)25(29-15-17-32-18-16-29)26-24(20-11-5-8-14-23(20)33-26)28-27(30)19-9-3-2-4-10-19/h2-14,25H,15-18H2,1H3,(H,28,30). The predicted octanol–water partition coefficient (Wildman–Crippen LogP) is 5.12. The molecular formula is C27H26N2O4. The molecular weight excluding hydrogens is 416 g/mol. The van der Waals surface area contributed by atoms with Gasteiger partial charge < -0.3 is 19.2 Å². The van der Waals surface area contributed by atoms with Crippen molar-refractivity contribution in [2.75, 3.05) is 38.7 Å². The Kier molecular flexibility index (Phi) is 6.11. The second-order valence-corrected chi connectivity index (χ2v) is 7.95. The van der Waals surface area contributed by atoms with Crippen molar-refractivity contribution in [1.82, 2.24) is 4.90 Å². The molecule has 1 aromatic heterocycles. The summed E-state index contributed by atoms with van der Waals surface area (Å²) in [5.74, 6) is 1.28. The van der Waals surface area contributed by atoms with Gasteiger partial charge in [-0.3, -0.25) is 9.69 Å². The summed E-state index contributed by atoms with van der Waals surface area (Å²) in [7, 11) is 1.67. The van der Waals surface area contributed by atoms with E-state index in [1.165, 1.54) is 0 Å². The largest absolute Gasteiger partial charge is 0.496 e. The highest BCUT2D eigenvalue weighted by molar-refractivity contribution is 6.09. The molecule has 1 saturated heterocycles. The number of furan rings is 1. The van der Waals surface area contributed by atoms with Crippen molar-refractivity contribution in [3.63, 3.8) is 0 Å². The summed E-state index contributed by atoms with van der Waals surface area (Å²) >= 11 is 0. The van der Waals surface area contributed by atoms with Crippen LogP contribution in [0.3, 0.4) is 0 Å². The topological polar surface area (TPSA) is 63.9 Å². The first-order valence-corrected chi connectivity index (χ1v) is 11.1. The Labute approximate surface area is 192 Å². The van der Waals surface area contributed by atoms with Crippen molar-refractivity contribution in [3.8, 4) is 5.75 Å². The van der Waals surface area contributed by atoms with Gasteiger partial charge in [0.05, 0.1) is 32.1 Å². The van der Waals surface area contributed by atoms with E-state index in [1.54, 1.807) is 19.2 Å². The van der Waals surface area contributed by atoms with Gasteiger partial charge in [0.15, 0.2) is 5.76 Å². The number of nitrogens with one attached hydrogen (secondary N) is 1. The molecule has 2 heterocycles. The van der Waals surface area contributed by atoms with Crippen LogP contribution in [0, 0.1) is 0 Å². The Morgan fingerprint density at radius 3 is 2.42 bits per heavy atom. The molecule has 1 N–H and O–H groups in total. The number of carbonyl (C=O) groups excluding carboxylic acids is 1. The summed E-state index contributed by atoms with van der Waals surface area (Å²) in [6.07, 6.45) is 0. The van der Waals surface area contributed by atoms with E-state index in [4.69, 9.17) is 13.9 Å². The van der Waals surface area contributed by atoms with E-state index >= 15 is 0 Å². The molecule has 0 aliphatic carbocycles. The Balaban J connectivity index is 1.66. The third kappa shape index (κ3) is 4.23. The van der Waals surface area contributed by atoms with Gasteiger partial charge in [-0.2, -0.15) is 0 Å². The van der Waals surface area contributed by atoms with Gasteiger partial charge in [-0.15, -0.1) is 0 Å². The summed E-state index contributed by atoms with van der Waals surface area (Å²) in [4.78, 5) is 15.5. The minimum atomic E-state index is -0.247. The van der Waals surface area contributed by atoms with E-state index in [0.717, 1.165) is 35.4 Å². The number of ether oxygens (including phenoxy) is 2. The SMILES string of the molecule is COc1ccccc1C(c1oc2ccccc2c1NC(=O)c1ccccc1)N1CCOCC1. The van der Waals surface area contributed by atoms with E-state index in [2.05, 4.69) is 16.3 Å². The molecule has 1 unspecified atom stereocenters.